The molecule has 0 aliphatic carbocycles. The molecule has 0 fully saturated rings. The van der Waals surface area contributed by atoms with Crippen molar-refractivity contribution in [2.45, 2.75) is 12.3 Å². The zero-order valence-electron chi connectivity index (χ0n) is 12.7. The fraction of sp³-hybridized carbons (Fsp3) is 0.235. The summed E-state index contributed by atoms with van der Waals surface area (Å²) in [4.78, 5) is 11.7. The van der Waals surface area contributed by atoms with Crippen LogP contribution in [0.5, 0.6) is 17.2 Å². The molecular weight excluding hydrogens is 320 g/mol. The Hall–Kier alpha value is -2.40. The molecule has 0 aliphatic rings. The van der Waals surface area contributed by atoms with E-state index in [1.54, 1.807) is 36.4 Å². The van der Waals surface area contributed by atoms with Crippen molar-refractivity contribution in [3.8, 4) is 17.2 Å². The highest BCUT2D eigenvalue weighted by molar-refractivity contribution is 6.30. The average Bonchev–Trinajstić information content (AvgIpc) is 2.53. The Labute approximate surface area is 139 Å². The Kier molecular flexibility index (Phi) is 5.34. The van der Waals surface area contributed by atoms with Gasteiger partial charge in [-0.25, -0.2) is 0 Å². The normalized spacial score (nSPS) is 11.8. The predicted molar refractivity (Wildman–Crippen MR) is 86.7 cm³/mol. The number of aliphatic carboxylic acids is 1. The molecule has 0 bridgehead atoms. The second kappa shape index (κ2) is 7.24. The molecule has 0 heterocycles. The smallest absolute Gasteiger partial charge is 0.311 e. The molecule has 2 aromatic rings. The lowest BCUT2D eigenvalue weighted by Crippen LogP contribution is -2.15. The topological polar surface area (TPSA) is 76.0 Å². The number of phenolic OH excluding ortho intramolecular Hbond substituents is 1. The Bertz CT molecular complexity index is 714. The molecule has 1 atom stereocenters. The second-order valence-electron chi connectivity index (χ2n) is 4.95. The molecule has 6 heteroatoms. The van der Waals surface area contributed by atoms with Gasteiger partial charge in [-0.05, 0) is 36.2 Å². The fourth-order valence-electron chi connectivity index (χ4n) is 2.42. The summed E-state index contributed by atoms with van der Waals surface area (Å²) in [5.41, 5.74) is 0.925. The summed E-state index contributed by atoms with van der Waals surface area (Å²) in [5.74, 6) is -1.29. The Morgan fingerprint density at radius 2 is 1.87 bits per heavy atom. The molecule has 1 unspecified atom stereocenters. The van der Waals surface area contributed by atoms with Crippen LogP contribution in [0.15, 0.2) is 36.4 Å². The van der Waals surface area contributed by atoms with Gasteiger partial charge in [-0.15, -0.1) is 0 Å². The number of carboxylic acid groups (broad SMARTS) is 1. The van der Waals surface area contributed by atoms with Crippen molar-refractivity contribution in [1.82, 2.24) is 0 Å². The molecule has 0 aromatic heterocycles. The quantitative estimate of drug-likeness (QED) is 0.844. The van der Waals surface area contributed by atoms with Crippen LogP contribution in [0.25, 0.3) is 0 Å². The SMILES string of the molecule is COc1ccc(Cl)cc1C(Cc1cccc(OC)c1O)C(=O)O. The number of rotatable bonds is 6. The van der Waals surface area contributed by atoms with E-state index in [0.29, 0.717) is 27.6 Å². The third kappa shape index (κ3) is 3.68. The molecule has 0 radical (unpaired) electrons. The highest BCUT2D eigenvalue weighted by Crippen LogP contribution is 2.36. The van der Waals surface area contributed by atoms with E-state index in [9.17, 15) is 15.0 Å². The van der Waals surface area contributed by atoms with Crippen LogP contribution in [-0.4, -0.2) is 30.4 Å². The molecule has 122 valence electrons. The number of halogens is 1. The molecule has 5 nitrogen and oxygen atoms in total. The summed E-state index contributed by atoms with van der Waals surface area (Å²) in [6.07, 6.45) is 0.0784. The first-order chi connectivity index (χ1) is 11.0. The summed E-state index contributed by atoms with van der Waals surface area (Å²) in [6, 6.07) is 9.78. The number of benzene rings is 2. The van der Waals surface area contributed by atoms with Crippen LogP contribution >= 0.6 is 11.6 Å². The summed E-state index contributed by atoms with van der Waals surface area (Å²) >= 11 is 5.99. The lowest BCUT2D eigenvalue weighted by atomic mass is 9.91. The van der Waals surface area contributed by atoms with Crippen molar-refractivity contribution in [2.24, 2.45) is 0 Å². The lowest BCUT2D eigenvalue weighted by molar-refractivity contribution is -0.138. The minimum absolute atomic E-state index is 0.0674. The van der Waals surface area contributed by atoms with Crippen LogP contribution in [0.4, 0.5) is 0 Å². The predicted octanol–water partition coefficient (Wildman–Crippen LogP) is 3.47. The van der Waals surface area contributed by atoms with Crippen molar-refractivity contribution < 1.29 is 24.5 Å². The summed E-state index contributed by atoms with van der Waals surface area (Å²) < 4.78 is 10.3. The maximum Gasteiger partial charge on any atom is 0.311 e. The van der Waals surface area contributed by atoms with Crippen LogP contribution in [0, 0.1) is 0 Å². The Morgan fingerprint density at radius 1 is 1.17 bits per heavy atom. The van der Waals surface area contributed by atoms with Crippen LogP contribution in [0.1, 0.15) is 17.0 Å². The van der Waals surface area contributed by atoms with Crippen molar-refractivity contribution >= 4 is 17.6 Å². The molecular formula is C17H17ClO5. The number of ether oxygens (including phenoxy) is 2. The van der Waals surface area contributed by atoms with Crippen LogP contribution in [0.2, 0.25) is 5.02 Å². The molecule has 0 saturated heterocycles. The van der Waals surface area contributed by atoms with Gasteiger partial charge in [-0.2, -0.15) is 0 Å². The van der Waals surface area contributed by atoms with Gasteiger partial charge in [0.15, 0.2) is 11.5 Å². The van der Waals surface area contributed by atoms with Gasteiger partial charge in [0.05, 0.1) is 20.1 Å². The molecule has 2 aromatic carbocycles. The Balaban J connectivity index is 2.45. The molecule has 0 spiro atoms. The number of phenols is 1. The van der Waals surface area contributed by atoms with Gasteiger partial charge < -0.3 is 19.7 Å². The van der Waals surface area contributed by atoms with Gasteiger partial charge in [0, 0.05) is 10.6 Å². The number of hydrogen-bond donors (Lipinski definition) is 2. The van der Waals surface area contributed by atoms with Crippen molar-refractivity contribution in [3.05, 3.63) is 52.5 Å². The van der Waals surface area contributed by atoms with E-state index in [1.807, 2.05) is 0 Å². The van der Waals surface area contributed by atoms with Gasteiger partial charge in [0.25, 0.3) is 0 Å². The van der Waals surface area contributed by atoms with Gasteiger partial charge in [0.1, 0.15) is 5.75 Å². The van der Waals surface area contributed by atoms with Gasteiger partial charge in [-0.1, -0.05) is 23.7 Å². The fourth-order valence-corrected chi connectivity index (χ4v) is 2.61. The van der Waals surface area contributed by atoms with E-state index in [4.69, 9.17) is 21.1 Å². The molecule has 2 rings (SSSR count). The number of aromatic hydroxyl groups is 1. The number of methoxy groups -OCH3 is 2. The van der Waals surface area contributed by atoms with E-state index in [0.717, 1.165) is 0 Å². The molecule has 2 N–H and O–H groups in total. The maximum atomic E-state index is 11.7. The molecule has 0 saturated carbocycles. The van der Waals surface area contributed by atoms with Gasteiger partial charge in [0.2, 0.25) is 0 Å². The molecule has 0 aliphatic heterocycles. The molecule has 0 amide bonds. The maximum absolute atomic E-state index is 11.7. The van der Waals surface area contributed by atoms with E-state index in [1.165, 1.54) is 14.2 Å². The summed E-state index contributed by atoms with van der Waals surface area (Å²) in [7, 11) is 2.90. The van der Waals surface area contributed by atoms with Crippen molar-refractivity contribution in [1.29, 1.82) is 0 Å². The van der Waals surface area contributed by atoms with Crippen molar-refractivity contribution in [2.75, 3.05) is 14.2 Å². The monoisotopic (exact) mass is 336 g/mol. The summed E-state index contributed by atoms with van der Waals surface area (Å²) in [5, 5.41) is 20.2. The molecule has 23 heavy (non-hydrogen) atoms. The second-order valence-corrected chi connectivity index (χ2v) is 5.39. The lowest BCUT2D eigenvalue weighted by Gasteiger charge is -2.18. The summed E-state index contributed by atoms with van der Waals surface area (Å²) in [6.45, 7) is 0. The van der Waals surface area contributed by atoms with E-state index >= 15 is 0 Å². The first-order valence-electron chi connectivity index (χ1n) is 6.89. The number of carbonyl (C=O) groups is 1. The van der Waals surface area contributed by atoms with E-state index in [2.05, 4.69) is 0 Å². The van der Waals surface area contributed by atoms with Crippen LogP contribution < -0.4 is 9.47 Å². The zero-order valence-corrected chi connectivity index (χ0v) is 13.5. The number of hydrogen-bond acceptors (Lipinski definition) is 4. The third-order valence-electron chi connectivity index (χ3n) is 3.59. The van der Waals surface area contributed by atoms with Gasteiger partial charge in [-0.3, -0.25) is 4.79 Å². The van der Waals surface area contributed by atoms with Crippen LogP contribution in [0.3, 0.4) is 0 Å². The third-order valence-corrected chi connectivity index (χ3v) is 3.83. The Morgan fingerprint density at radius 3 is 2.48 bits per heavy atom. The van der Waals surface area contributed by atoms with Crippen LogP contribution in [-0.2, 0) is 11.2 Å². The first-order valence-corrected chi connectivity index (χ1v) is 7.26. The number of para-hydroxylation sites is 1. The van der Waals surface area contributed by atoms with E-state index < -0.39 is 11.9 Å². The minimum atomic E-state index is -1.03. The van der Waals surface area contributed by atoms with E-state index in [-0.39, 0.29) is 12.2 Å². The van der Waals surface area contributed by atoms with Crippen molar-refractivity contribution in [3.63, 3.8) is 0 Å². The zero-order chi connectivity index (χ0) is 17.0. The largest absolute Gasteiger partial charge is 0.504 e. The van der Waals surface area contributed by atoms with Gasteiger partial charge >= 0.3 is 5.97 Å². The first kappa shape index (κ1) is 17.0. The highest BCUT2D eigenvalue weighted by atomic mass is 35.5. The minimum Gasteiger partial charge on any atom is -0.504 e. The average molecular weight is 337 g/mol. The standard InChI is InChI=1S/C17H17ClO5/c1-22-14-7-6-11(18)9-12(14)13(17(20)21)8-10-4-3-5-15(23-2)16(10)19/h3-7,9,13,19H,8H2,1-2H3,(H,20,21). The number of carboxylic acids is 1. The highest BCUT2D eigenvalue weighted by Gasteiger charge is 2.26.